The molecule has 2 unspecified atom stereocenters. The van der Waals surface area contributed by atoms with E-state index in [2.05, 4.69) is 32.4 Å². The number of ether oxygens (including phenoxy) is 1. The molecule has 0 aromatic carbocycles. The van der Waals surface area contributed by atoms with Crippen molar-refractivity contribution >= 4 is 8.73 Å². The smallest absolute Gasteiger partial charge is 0.200 e. The third-order valence-electron chi connectivity index (χ3n) is 3.72. The van der Waals surface area contributed by atoms with E-state index in [1.807, 2.05) is 6.07 Å². The van der Waals surface area contributed by atoms with E-state index in [-0.39, 0.29) is 46.4 Å². The SMILES string of the molecule is CC(C)N(P[C@](O)(OCCC#N)C(CO)CCCCN)C(C)C. The monoisotopic (exact) mass is 347 g/mol. The summed E-state index contributed by atoms with van der Waals surface area (Å²) >= 11 is 0. The van der Waals surface area contributed by atoms with Crippen LogP contribution >= 0.6 is 8.73 Å². The number of hydrogen-bond donors (Lipinski definition) is 3. The Hall–Kier alpha value is -0.280. The van der Waals surface area contributed by atoms with Gasteiger partial charge in [-0.05, 0) is 47.1 Å². The molecule has 0 aromatic rings. The molecule has 0 fully saturated rings. The van der Waals surface area contributed by atoms with Crippen molar-refractivity contribution in [3.63, 3.8) is 0 Å². The molecule has 0 rings (SSSR count). The number of aliphatic hydroxyl groups is 2. The zero-order chi connectivity index (χ0) is 17.9. The van der Waals surface area contributed by atoms with Crippen LogP contribution < -0.4 is 5.73 Å². The number of nitrogens with zero attached hydrogens (tertiary/aromatic N) is 2. The number of nitrogens with two attached hydrogens (primary N) is 1. The predicted octanol–water partition coefficient (Wildman–Crippen LogP) is 2.01. The minimum absolute atomic E-state index is 0.00437. The van der Waals surface area contributed by atoms with Gasteiger partial charge in [0.05, 0.1) is 25.7 Å². The molecule has 3 atom stereocenters. The Morgan fingerprint density at radius 1 is 1.26 bits per heavy atom. The van der Waals surface area contributed by atoms with Gasteiger partial charge in [0, 0.05) is 26.7 Å². The largest absolute Gasteiger partial charge is 0.396 e. The molecule has 0 aromatic heterocycles. The van der Waals surface area contributed by atoms with Gasteiger partial charge in [-0.15, -0.1) is 0 Å². The molecule has 136 valence electrons. The first-order valence-electron chi connectivity index (χ1n) is 8.42. The second-order valence-electron chi connectivity index (χ2n) is 6.32. The fraction of sp³-hybridized carbons (Fsp3) is 0.938. The average molecular weight is 347 g/mol. The highest BCUT2D eigenvalue weighted by molar-refractivity contribution is 7.36. The van der Waals surface area contributed by atoms with Crippen LogP contribution in [0.25, 0.3) is 0 Å². The third kappa shape index (κ3) is 8.39. The lowest BCUT2D eigenvalue weighted by Gasteiger charge is -2.41. The molecular formula is C16H34N3O3P. The molecule has 6 nitrogen and oxygen atoms in total. The van der Waals surface area contributed by atoms with Gasteiger partial charge in [0.15, 0.2) is 5.53 Å². The van der Waals surface area contributed by atoms with Gasteiger partial charge >= 0.3 is 0 Å². The topological polar surface area (TPSA) is 103 Å². The highest BCUT2D eigenvalue weighted by Crippen LogP contribution is 2.44. The molecule has 0 aliphatic rings. The van der Waals surface area contributed by atoms with Crippen LogP contribution in [0.15, 0.2) is 0 Å². The van der Waals surface area contributed by atoms with Crippen LogP contribution in [0.1, 0.15) is 53.4 Å². The molecule has 23 heavy (non-hydrogen) atoms. The van der Waals surface area contributed by atoms with E-state index in [0.29, 0.717) is 13.0 Å². The molecule has 0 bridgehead atoms. The lowest BCUT2D eigenvalue weighted by molar-refractivity contribution is -0.180. The Morgan fingerprint density at radius 2 is 1.87 bits per heavy atom. The molecular weight excluding hydrogens is 313 g/mol. The van der Waals surface area contributed by atoms with E-state index < -0.39 is 5.53 Å². The van der Waals surface area contributed by atoms with Crippen molar-refractivity contribution in [2.45, 2.75) is 71.0 Å². The second-order valence-corrected chi connectivity index (χ2v) is 7.78. The minimum atomic E-state index is -1.44. The first kappa shape index (κ1) is 22.7. The molecule has 0 saturated carbocycles. The van der Waals surface area contributed by atoms with Crippen molar-refractivity contribution in [2.75, 3.05) is 19.8 Å². The number of hydrogen-bond acceptors (Lipinski definition) is 6. The molecule has 4 N–H and O–H groups in total. The van der Waals surface area contributed by atoms with Crippen molar-refractivity contribution < 1.29 is 14.9 Å². The van der Waals surface area contributed by atoms with E-state index in [4.69, 9.17) is 15.7 Å². The molecule has 0 aliphatic heterocycles. The molecule has 0 spiro atoms. The van der Waals surface area contributed by atoms with Gasteiger partial charge in [0.2, 0.25) is 0 Å². The maximum atomic E-state index is 11.1. The summed E-state index contributed by atoms with van der Waals surface area (Å²) in [6, 6.07) is 2.53. The molecule has 0 aliphatic carbocycles. The van der Waals surface area contributed by atoms with Crippen molar-refractivity contribution in [3.05, 3.63) is 0 Å². The Morgan fingerprint density at radius 3 is 2.30 bits per heavy atom. The van der Waals surface area contributed by atoms with E-state index in [0.717, 1.165) is 12.8 Å². The Kier molecular flexibility index (Phi) is 12.0. The van der Waals surface area contributed by atoms with Crippen LogP contribution in [0.2, 0.25) is 0 Å². The van der Waals surface area contributed by atoms with Crippen LogP contribution in [-0.2, 0) is 4.74 Å². The summed E-state index contributed by atoms with van der Waals surface area (Å²) in [6.07, 6.45) is 2.55. The molecule has 0 amide bonds. The highest BCUT2D eigenvalue weighted by atomic mass is 31.1. The van der Waals surface area contributed by atoms with Crippen molar-refractivity contribution in [1.29, 1.82) is 5.26 Å². The number of rotatable bonds is 13. The number of aliphatic hydroxyl groups excluding tert-OH is 1. The highest BCUT2D eigenvalue weighted by Gasteiger charge is 2.40. The van der Waals surface area contributed by atoms with E-state index in [1.54, 1.807) is 0 Å². The molecule has 7 heteroatoms. The summed E-state index contributed by atoms with van der Waals surface area (Å²) in [6.45, 7) is 8.91. The maximum Gasteiger partial charge on any atom is 0.200 e. The van der Waals surface area contributed by atoms with Crippen molar-refractivity contribution in [1.82, 2.24) is 4.67 Å². The van der Waals surface area contributed by atoms with E-state index >= 15 is 0 Å². The van der Waals surface area contributed by atoms with Gasteiger partial charge in [-0.3, -0.25) is 4.67 Å². The molecule has 0 radical (unpaired) electrons. The van der Waals surface area contributed by atoms with Crippen LogP contribution in [0.5, 0.6) is 0 Å². The van der Waals surface area contributed by atoms with Gasteiger partial charge in [0.25, 0.3) is 0 Å². The molecule has 0 heterocycles. The lowest BCUT2D eigenvalue weighted by atomic mass is 10.0. The lowest BCUT2D eigenvalue weighted by Crippen LogP contribution is -2.44. The summed E-state index contributed by atoms with van der Waals surface area (Å²) in [5, 5.41) is 29.6. The number of nitriles is 1. The van der Waals surface area contributed by atoms with Crippen molar-refractivity contribution in [3.8, 4) is 6.07 Å². The fourth-order valence-corrected chi connectivity index (χ4v) is 3.95. The fourth-order valence-electron chi connectivity index (χ4n) is 2.48. The van der Waals surface area contributed by atoms with Crippen LogP contribution in [-0.4, -0.2) is 52.3 Å². The normalized spacial score (nSPS) is 16.4. The van der Waals surface area contributed by atoms with E-state index in [1.165, 1.54) is 0 Å². The summed E-state index contributed by atoms with van der Waals surface area (Å²) in [7, 11) is 0.00437. The second kappa shape index (κ2) is 12.1. The quantitative estimate of drug-likeness (QED) is 0.268. The Balaban J connectivity index is 5.13. The van der Waals surface area contributed by atoms with Crippen molar-refractivity contribution in [2.24, 2.45) is 11.7 Å². The summed E-state index contributed by atoms with van der Waals surface area (Å²) in [5.74, 6) is -0.383. The van der Waals surface area contributed by atoms with Gasteiger partial charge in [-0.2, -0.15) is 5.26 Å². The van der Waals surface area contributed by atoms with Gasteiger partial charge in [0.1, 0.15) is 0 Å². The van der Waals surface area contributed by atoms with Gasteiger partial charge in [-0.1, -0.05) is 6.42 Å². The third-order valence-corrected chi connectivity index (χ3v) is 5.88. The summed E-state index contributed by atoms with van der Waals surface area (Å²) in [4.78, 5) is 0. The van der Waals surface area contributed by atoms with Gasteiger partial charge < -0.3 is 20.7 Å². The molecule has 0 saturated heterocycles. The minimum Gasteiger partial charge on any atom is -0.396 e. The predicted molar refractivity (Wildman–Crippen MR) is 95.0 cm³/mol. The zero-order valence-corrected chi connectivity index (χ0v) is 16.0. The Bertz CT molecular complexity index is 342. The van der Waals surface area contributed by atoms with Crippen LogP contribution in [0.3, 0.4) is 0 Å². The maximum absolute atomic E-state index is 11.1. The standard InChI is InChI=1S/C16H34N3O3P/c1-13(2)19(14(3)4)23-16(21,22-11-7-10-18)15(12-20)8-5-6-9-17/h13-15,20-21,23H,5-9,11-12,17H2,1-4H3/t15?,16-/m1/s1. The van der Waals surface area contributed by atoms with Crippen LogP contribution in [0.4, 0.5) is 0 Å². The Labute approximate surface area is 142 Å². The first-order chi connectivity index (χ1) is 10.8. The zero-order valence-electron chi connectivity index (χ0n) is 15.0. The van der Waals surface area contributed by atoms with Gasteiger partial charge in [-0.25, -0.2) is 0 Å². The average Bonchev–Trinajstić information content (AvgIpc) is 2.49. The van der Waals surface area contributed by atoms with E-state index in [9.17, 15) is 10.2 Å². The van der Waals surface area contributed by atoms with Crippen LogP contribution in [0, 0.1) is 17.2 Å². The first-order valence-corrected chi connectivity index (χ1v) is 9.37. The summed E-state index contributed by atoms with van der Waals surface area (Å²) < 4.78 is 7.86. The number of unbranched alkanes of at least 4 members (excludes halogenated alkanes) is 1. The summed E-state index contributed by atoms with van der Waals surface area (Å²) in [5.41, 5.74) is 4.09.